The lowest BCUT2D eigenvalue weighted by atomic mass is 10.2. The van der Waals surface area contributed by atoms with Gasteiger partial charge in [-0.25, -0.2) is 4.98 Å². The van der Waals surface area contributed by atoms with Gasteiger partial charge in [-0.2, -0.15) is 0 Å². The molecule has 136 valence electrons. The fourth-order valence-electron chi connectivity index (χ4n) is 3.46. The van der Waals surface area contributed by atoms with Crippen LogP contribution >= 0.6 is 0 Å². The number of rotatable bonds is 5. The summed E-state index contributed by atoms with van der Waals surface area (Å²) in [5, 5.41) is 8.19. The number of hydrogen-bond acceptors (Lipinski definition) is 6. The van der Waals surface area contributed by atoms with Gasteiger partial charge in [0.05, 0.1) is 7.11 Å². The van der Waals surface area contributed by atoms with Crippen LogP contribution in [0.1, 0.15) is 19.0 Å². The Balaban J connectivity index is 1.52. The first-order valence-electron chi connectivity index (χ1n) is 9.12. The molecule has 0 unspecified atom stereocenters. The molecule has 1 aromatic carbocycles. The van der Waals surface area contributed by atoms with Crippen LogP contribution in [0.25, 0.3) is 5.78 Å². The average molecular weight is 352 g/mol. The van der Waals surface area contributed by atoms with Gasteiger partial charge < -0.3 is 14.5 Å². The molecule has 0 saturated carbocycles. The zero-order valence-electron chi connectivity index (χ0n) is 15.3. The third-order valence-electron chi connectivity index (χ3n) is 4.86. The second kappa shape index (κ2) is 7.19. The van der Waals surface area contributed by atoms with E-state index in [1.807, 2.05) is 16.5 Å². The topological polar surface area (TPSA) is 58.8 Å². The number of anilines is 2. The molecule has 1 aliphatic heterocycles. The van der Waals surface area contributed by atoms with Gasteiger partial charge in [0.25, 0.3) is 5.78 Å². The van der Waals surface area contributed by atoms with Crippen LogP contribution in [0.2, 0.25) is 0 Å². The van der Waals surface area contributed by atoms with Crippen LogP contribution in [0, 0.1) is 0 Å². The number of hydrogen-bond donors (Lipinski definition) is 0. The minimum absolute atomic E-state index is 0.684. The Labute approximate surface area is 153 Å². The normalized spacial score (nSPS) is 14.8. The lowest BCUT2D eigenvalue weighted by molar-refractivity contribution is 0.415. The van der Waals surface area contributed by atoms with Crippen LogP contribution in [0.4, 0.5) is 11.5 Å². The number of aryl methyl sites for hydroxylation is 1. The Morgan fingerprint density at radius 1 is 1.04 bits per heavy atom. The van der Waals surface area contributed by atoms with Gasteiger partial charge in [-0.3, -0.25) is 4.40 Å². The number of aromatic nitrogens is 4. The summed E-state index contributed by atoms with van der Waals surface area (Å²) in [4.78, 5) is 9.41. The van der Waals surface area contributed by atoms with Crippen molar-refractivity contribution in [1.29, 1.82) is 0 Å². The van der Waals surface area contributed by atoms with Crippen molar-refractivity contribution in [3.8, 4) is 5.75 Å². The highest BCUT2D eigenvalue weighted by Crippen LogP contribution is 2.23. The molecule has 7 heteroatoms. The molecule has 1 fully saturated rings. The Bertz CT molecular complexity index is 867. The molecule has 0 N–H and O–H groups in total. The molecule has 0 aliphatic carbocycles. The van der Waals surface area contributed by atoms with Gasteiger partial charge in [-0.15, -0.1) is 10.2 Å². The second-order valence-electron chi connectivity index (χ2n) is 6.53. The monoisotopic (exact) mass is 352 g/mol. The van der Waals surface area contributed by atoms with E-state index in [1.54, 1.807) is 13.4 Å². The lowest BCUT2D eigenvalue weighted by Crippen LogP contribution is -2.47. The summed E-state index contributed by atoms with van der Waals surface area (Å²) in [6, 6.07) is 10.5. The van der Waals surface area contributed by atoms with Crippen molar-refractivity contribution in [1.82, 2.24) is 19.6 Å². The maximum atomic E-state index is 5.25. The first kappa shape index (κ1) is 16.6. The van der Waals surface area contributed by atoms with Gasteiger partial charge in [0.1, 0.15) is 17.9 Å². The van der Waals surface area contributed by atoms with E-state index in [1.165, 1.54) is 5.69 Å². The van der Waals surface area contributed by atoms with Gasteiger partial charge in [0, 0.05) is 43.6 Å². The van der Waals surface area contributed by atoms with Crippen LogP contribution < -0.4 is 14.5 Å². The summed E-state index contributed by atoms with van der Waals surface area (Å²) in [6.07, 6.45) is 3.79. The minimum atomic E-state index is 0.684. The molecule has 0 spiro atoms. The molecule has 1 saturated heterocycles. The molecule has 0 bridgehead atoms. The zero-order chi connectivity index (χ0) is 17.9. The molecule has 7 nitrogen and oxygen atoms in total. The number of nitrogens with zero attached hydrogens (tertiary/aromatic N) is 6. The number of ether oxygens (including phenoxy) is 1. The molecular weight excluding hydrogens is 328 g/mol. The maximum Gasteiger partial charge on any atom is 0.256 e. The molecule has 1 aliphatic rings. The molecule has 0 radical (unpaired) electrons. The van der Waals surface area contributed by atoms with E-state index in [9.17, 15) is 0 Å². The third kappa shape index (κ3) is 3.16. The zero-order valence-corrected chi connectivity index (χ0v) is 15.3. The Kier molecular flexibility index (Phi) is 4.60. The van der Waals surface area contributed by atoms with E-state index < -0.39 is 0 Å². The van der Waals surface area contributed by atoms with E-state index >= 15 is 0 Å². The fraction of sp³-hybridized carbons (Fsp3) is 0.421. The maximum absolute atomic E-state index is 5.25. The molecule has 3 heterocycles. The van der Waals surface area contributed by atoms with Crippen LogP contribution in [0.3, 0.4) is 0 Å². The smallest absolute Gasteiger partial charge is 0.256 e. The summed E-state index contributed by atoms with van der Waals surface area (Å²) in [5.74, 6) is 2.71. The summed E-state index contributed by atoms with van der Waals surface area (Å²) >= 11 is 0. The summed E-state index contributed by atoms with van der Waals surface area (Å²) in [5.41, 5.74) is 2.32. The van der Waals surface area contributed by atoms with E-state index in [2.05, 4.69) is 50.1 Å². The van der Waals surface area contributed by atoms with E-state index in [0.717, 1.165) is 56.3 Å². The standard InChI is InChI=1S/C19H24N6O/c1-3-4-15-13-18(25-14-20-22-19(25)21-15)24-11-9-23(10-12-24)16-5-7-17(26-2)8-6-16/h5-8,13-14H,3-4,9-12H2,1-2H3. The van der Waals surface area contributed by atoms with Crippen LogP contribution in [-0.4, -0.2) is 52.9 Å². The number of fused-ring (bicyclic) bond motifs is 1. The predicted octanol–water partition coefficient (Wildman–Crippen LogP) is 2.41. The van der Waals surface area contributed by atoms with Crippen LogP contribution in [0.5, 0.6) is 5.75 Å². The molecule has 0 amide bonds. The van der Waals surface area contributed by atoms with Crippen molar-refractivity contribution in [3.05, 3.63) is 42.4 Å². The first-order chi connectivity index (χ1) is 12.8. The number of methoxy groups -OCH3 is 1. The van der Waals surface area contributed by atoms with Crippen molar-refractivity contribution >= 4 is 17.3 Å². The van der Waals surface area contributed by atoms with Crippen molar-refractivity contribution in [2.45, 2.75) is 19.8 Å². The molecule has 2 aromatic heterocycles. The summed E-state index contributed by atoms with van der Waals surface area (Å²) in [7, 11) is 1.70. The van der Waals surface area contributed by atoms with Crippen molar-refractivity contribution in [3.63, 3.8) is 0 Å². The van der Waals surface area contributed by atoms with Crippen molar-refractivity contribution < 1.29 is 4.74 Å². The van der Waals surface area contributed by atoms with Crippen LogP contribution in [-0.2, 0) is 6.42 Å². The van der Waals surface area contributed by atoms with Gasteiger partial charge in [0.15, 0.2) is 0 Å². The number of piperazine rings is 1. The van der Waals surface area contributed by atoms with E-state index in [4.69, 9.17) is 4.74 Å². The van der Waals surface area contributed by atoms with Gasteiger partial charge in [0.2, 0.25) is 0 Å². The SMILES string of the molecule is CCCc1cc(N2CCN(c3ccc(OC)cc3)CC2)n2cnnc2n1. The Hall–Kier alpha value is -2.83. The summed E-state index contributed by atoms with van der Waals surface area (Å²) in [6.45, 7) is 6.02. The highest BCUT2D eigenvalue weighted by Gasteiger charge is 2.20. The highest BCUT2D eigenvalue weighted by atomic mass is 16.5. The van der Waals surface area contributed by atoms with Crippen LogP contribution in [0.15, 0.2) is 36.7 Å². The largest absolute Gasteiger partial charge is 0.497 e. The first-order valence-corrected chi connectivity index (χ1v) is 9.12. The number of benzene rings is 1. The minimum Gasteiger partial charge on any atom is -0.497 e. The second-order valence-corrected chi connectivity index (χ2v) is 6.53. The fourth-order valence-corrected chi connectivity index (χ4v) is 3.46. The van der Waals surface area contributed by atoms with Crippen molar-refractivity contribution in [2.24, 2.45) is 0 Å². The lowest BCUT2D eigenvalue weighted by Gasteiger charge is -2.37. The Morgan fingerprint density at radius 3 is 2.46 bits per heavy atom. The predicted molar refractivity (Wildman–Crippen MR) is 102 cm³/mol. The molecule has 4 rings (SSSR count). The molecule has 0 atom stereocenters. The molecule has 3 aromatic rings. The van der Waals surface area contributed by atoms with Gasteiger partial charge in [-0.1, -0.05) is 13.3 Å². The molecule has 26 heavy (non-hydrogen) atoms. The molecular formula is C19H24N6O. The quantitative estimate of drug-likeness (QED) is 0.703. The average Bonchev–Trinajstić information content (AvgIpc) is 3.16. The van der Waals surface area contributed by atoms with E-state index in [-0.39, 0.29) is 0 Å². The third-order valence-corrected chi connectivity index (χ3v) is 4.86. The van der Waals surface area contributed by atoms with Gasteiger partial charge >= 0.3 is 0 Å². The van der Waals surface area contributed by atoms with E-state index in [0.29, 0.717) is 5.78 Å². The van der Waals surface area contributed by atoms with Gasteiger partial charge in [-0.05, 0) is 30.7 Å². The van der Waals surface area contributed by atoms with Crippen molar-refractivity contribution in [2.75, 3.05) is 43.1 Å². The summed E-state index contributed by atoms with van der Waals surface area (Å²) < 4.78 is 7.24. The highest BCUT2D eigenvalue weighted by molar-refractivity contribution is 5.53. The Morgan fingerprint density at radius 2 is 1.77 bits per heavy atom.